The fraction of sp³-hybridized carbons (Fsp3) is 0.324. The van der Waals surface area contributed by atoms with E-state index in [-0.39, 0.29) is 5.41 Å². The summed E-state index contributed by atoms with van der Waals surface area (Å²) in [6, 6.07) is 18.4. The maximum Gasteiger partial charge on any atom is 0.228 e. The maximum atomic E-state index is 6.81. The Labute approximate surface area is 214 Å². The van der Waals surface area contributed by atoms with Gasteiger partial charge in [-0.2, -0.15) is 0 Å². The molecular weight excluding hydrogens is 438 g/mol. The second-order valence-electron chi connectivity index (χ2n) is 12.2. The fourth-order valence-electron chi connectivity index (χ4n) is 6.10. The highest BCUT2D eigenvalue weighted by Crippen LogP contribution is 2.51. The van der Waals surface area contributed by atoms with Crippen LogP contribution in [0, 0.1) is 19.3 Å². The van der Waals surface area contributed by atoms with E-state index in [1.807, 2.05) is 0 Å². The Kier molecular flexibility index (Phi) is 4.99. The first-order valence-corrected chi connectivity index (χ1v) is 13.2. The molecule has 0 fully saturated rings. The molecule has 0 amide bonds. The Morgan fingerprint density at radius 1 is 0.833 bits per heavy atom. The van der Waals surface area contributed by atoms with Crippen LogP contribution in [-0.2, 0) is 13.5 Å². The zero-order valence-corrected chi connectivity index (χ0v) is 22.8. The molecule has 0 N–H and O–H groups in total. The smallest absolute Gasteiger partial charge is 0.228 e. The Bertz CT molecular complexity index is 1720. The third-order valence-corrected chi connectivity index (χ3v) is 7.91. The van der Waals surface area contributed by atoms with E-state index in [1.54, 1.807) is 0 Å². The Morgan fingerprint density at radius 2 is 1.61 bits per heavy atom. The van der Waals surface area contributed by atoms with Gasteiger partial charge in [0, 0.05) is 17.0 Å². The number of aryl methyl sites for hydroxylation is 3. The van der Waals surface area contributed by atoms with Crippen LogP contribution in [0.25, 0.3) is 43.6 Å². The first kappa shape index (κ1) is 23.0. The molecule has 0 aliphatic carbocycles. The van der Waals surface area contributed by atoms with Crippen LogP contribution in [0.15, 0.2) is 54.7 Å². The molecule has 2 heterocycles. The molecule has 2 heteroatoms. The number of aromatic nitrogens is 1. The van der Waals surface area contributed by atoms with Gasteiger partial charge in [0.1, 0.15) is 18.5 Å². The molecule has 0 spiro atoms. The Balaban J connectivity index is 1.70. The minimum atomic E-state index is 0.251. The van der Waals surface area contributed by atoms with Gasteiger partial charge in [-0.05, 0) is 75.9 Å². The molecule has 1 aromatic heterocycles. The van der Waals surface area contributed by atoms with Gasteiger partial charge in [0.2, 0.25) is 5.69 Å². The minimum absolute atomic E-state index is 0.251. The second kappa shape index (κ2) is 7.80. The first-order valence-electron chi connectivity index (χ1n) is 13.2. The van der Waals surface area contributed by atoms with Gasteiger partial charge in [0.05, 0.1) is 10.9 Å². The maximum absolute atomic E-state index is 6.81. The summed E-state index contributed by atoms with van der Waals surface area (Å²) in [6.07, 6.45) is 3.28. The lowest BCUT2D eigenvalue weighted by atomic mass is 9.84. The monoisotopic (exact) mass is 474 g/mol. The van der Waals surface area contributed by atoms with Crippen LogP contribution in [0.2, 0.25) is 0 Å². The lowest BCUT2D eigenvalue weighted by Crippen LogP contribution is -2.32. The van der Waals surface area contributed by atoms with Crippen LogP contribution >= 0.6 is 0 Å². The number of pyridine rings is 1. The van der Waals surface area contributed by atoms with Gasteiger partial charge in [0.25, 0.3) is 0 Å². The predicted molar refractivity (Wildman–Crippen MR) is 152 cm³/mol. The average molecular weight is 475 g/mol. The van der Waals surface area contributed by atoms with E-state index in [1.165, 1.54) is 65.8 Å². The molecule has 6 rings (SSSR count). The summed E-state index contributed by atoms with van der Waals surface area (Å²) in [7, 11) is 2.16. The molecule has 0 radical (unpaired) electrons. The molecule has 1 aliphatic rings. The lowest BCUT2D eigenvalue weighted by Gasteiger charge is -2.25. The van der Waals surface area contributed by atoms with Crippen molar-refractivity contribution in [2.75, 3.05) is 0 Å². The molecule has 0 atom stereocenters. The molecule has 0 unspecified atom stereocenters. The first-order chi connectivity index (χ1) is 17.0. The second-order valence-corrected chi connectivity index (χ2v) is 12.2. The van der Waals surface area contributed by atoms with Crippen molar-refractivity contribution in [3.8, 4) is 22.8 Å². The van der Waals surface area contributed by atoms with Crippen molar-refractivity contribution in [2.24, 2.45) is 12.5 Å². The summed E-state index contributed by atoms with van der Waals surface area (Å²) < 4.78 is 9.09. The molecule has 5 aromatic rings. The summed E-state index contributed by atoms with van der Waals surface area (Å²) in [5, 5.41) is 7.63. The van der Waals surface area contributed by atoms with Crippen molar-refractivity contribution >= 4 is 32.3 Å². The predicted octanol–water partition coefficient (Wildman–Crippen LogP) is 9.07. The van der Waals surface area contributed by atoms with Gasteiger partial charge < -0.3 is 4.74 Å². The van der Waals surface area contributed by atoms with Crippen LogP contribution in [0.1, 0.15) is 62.8 Å². The number of hydrogen-bond acceptors (Lipinski definition) is 1. The highest BCUT2D eigenvalue weighted by molar-refractivity contribution is 6.16. The number of hydrogen-bond donors (Lipinski definition) is 0. The van der Waals surface area contributed by atoms with E-state index < -0.39 is 0 Å². The quantitative estimate of drug-likeness (QED) is 0.180. The van der Waals surface area contributed by atoms with Gasteiger partial charge in [-0.3, -0.25) is 0 Å². The third kappa shape index (κ3) is 3.42. The molecule has 1 aliphatic heterocycles. The SMILES string of the molecule is Cc1c2c(c(C)c3cc(CC(C)(C)C)ccc13)-c1c3c(cc4ccc(C(C)C)cc4c3cc[n+]1C)O2. The van der Waals surface area contributed by atoms with Crippen molar-refractivity contribution in [3.05, 3.63) is 77.0 Å². The van der Waals surface area contributed by atoms with Gasteiger partial charge in [-0.25, -0.2) is 4.57 Å². The van der Waals surface area contributed by atoms with E-state index in [0.717, 1.165) is 17.9 Å². The van der Waals surface area contributed by atoms with Crippen molar-refractivity contribution in [1.82, 2.24) is 0 Å². The summed E-state index contributed by atoms with van der Waals surface area (Å²) in [4.78, 5) is 0. The van der Waals surface area contributed by atoms with Crippen molar-refractivity contribution in [1.29, 1.82) is 0 Å². The van der Waals surface area contributed by atoms with E-state index in [0.29, 0.717) is 5.92 Å². The largest absolute Gasteiger partial charge is 0.455 e. The molecule has 182 valence electrons. The van der Waals surface area contributed by atoms with E-state index in [2.05, 4.69) is 115 Å². The molecule has 0 saturated heterocycles. The van der Waals surface area contributed by atoms with Crippen molar-refractivity contribution < 1.29 is 9.30 Å². The Hall–Kier alpha value is -3.39. The lowest BCUT2D eigenvalue weighted by molar-refractivity contribution is -0.659. The van der Waals surface area contributed by atoms with Crippen LogP contribution in [-0.4, -0.2) is 0 Å². The molecular formula is C34H36NO+. The van der Waals surface area contributed by atoms with E-state index in [4.69, 9.17) is 4.74 Å². The zero-order chi connectivity index (χ0) is 25.5. The highest BCUT2D eigenvalue weighted by Gasteiger charge is 2.32. The number of rotatable bonds is 2. The van der Waals surface area contributed by atoms with Crippen LogP contribution < -0.4 is 9.30 Å². The number of ether oxygens (including phenoxy) is 1. The normalized spacial score (nSPS) is 13.0. The van der Waals surface area contributed by atoms with Crippen LogP contribution in [0.5, 0.6) is 11.5 Å². The summed E-state index contributed by atoms with van der Waals surface area (Å²) in [6.45, 7) is 15.9. The van der Waals surface area contributed by atoms with Crippen molar-refractivity contribution in [2.45, 2.75) is 60.8 Å². The van der Waals surface area contributed by atoms with Gasteiger partial charge in [0.15, 0.2) is 6.20 Å². The van der Waals surface area contributed by atoms with E-state index >= 15 is 0 Å². The molecule has 0 saturated carbocycles. The highest BCUT2D eigenvalue weighted by atomic mass is 16.5. The minimum Gasteiger partial charge on any atom is -0.455 e. The summed E-state index contributed by atoms with van der Waals surface area (Å²) in [5.74, 6) is 2.45. The van der Waals surface area contributed by atoms with Crippen LogP contribution in [0.3, 0.4) is 0 Å². The number of fused-ring (bicyclic) bond motifs is 5. The summed E-state index contributed by atoms with van der Waals surface area (Å²) in [5.41, 5.74) is 8.01. The van der Waals surface area contributed by atoms with Gasteiger partial charge >= 0.3 is 0 Å². The topological polar surface area (TPSA) is 13.1 Å². The third-order valence-electron chi connectivity index (χ3n) is 7.91. The van der Waals surface area contributed by atoms with Gasteiger partial charge in [-0.1, -0.05) is 71.0 Å². The average Bonchev–Trinajstić information content (AvgIpc) is 2.82. The van der Waals surface area contributed by atoms with E-state index in [9.17, 15) is 0 Å². The zero-order valence-electron chi connectivity index (χ0n) is 22.8. The fourth-order valence-corrected chi connectivity index (χ4v) is 6.10. The standard InChI is InChI=1S/C34H36NO/c1-19(2)23-10-11-24-17-29-31-26(28(24)16-23)13-14-35(8)32(31)30-20(3)27-15-22(18-34(5,6)7)9-12-25(27)21(4)33(30)36-29/h9-17,19H,18H2,1-8H3/q+1. The van der Waals surface area contributed by atoms with Crippen LogP contribution in [0.4, 0.5) is 0 Å². The molecule has 2 nitrogen and oxygen atoms in total. The van der Waals surface area contributed by atoms with Crippen molar-refractivity contribution in [3.63, 3.8) is 0 Å². The molecule has 36 heavy (non-hydrogen) atoms. The number of benzene rings is 4. The summed E-state index contributed by atoms with van der Waals surface area (Å²) >= 11 is 0. The number of nitrogens with zero attached hydrogens (tertiary/aromatic N) is 1. The molecule has 0 bridgehead atoms. The Morgan fingerprint density at radius 3 is 2.33 bits per heavy atom. The van der Waals surface area contributed by atoms with Gasteiger partial charge in [-0.15, -0.1) is 0 Å². The molecule has 4 aromatic carbocycles.